The fourth-order valence-corrected chi connectivity index (χ4v) is 2.11. The van der Waals surface area contributed by atoms with E-state index in [1.807, 2.05) is 6.92 Å². The Balaban J connectivity index is 2.54. The van der Waals surface area contributed by atoms with Crippen LogP contribution >= 0.6 is 0 Å². The topological polar surface area (TPSA) is 51.0 Å². The van der Waals surface area contributed by atoms with Gasteiger partial charge in [-0.25, -0.2) is 4.79 Å². The molecule has 0 aliphatic rings. The van der Waals surface area contributed by atoms with E-state index in [0.29, 0.717) is 11.5 Å². The Labute approximate surface area is 121 Å². The second kappa shape index (κ2) is 7.90. The number of phenolic OH excluding ortho intramolecular Hbond substituents is 1. The zero-order valence-corrected chi connectivity index (χ0v) is 12.8. The molecule has 4 heteroatoms. The number of benzene rings is 1. The molecule has 4 nitrogen and oxygen atoms in total. The van der Waals surface area contributed by atoms with Gasteiger partial charge in [-0.1, -0.05) is 6.92 Å². The maximum Gasteiger partial charge on any atom is 0.338 e. The van der Waals surface area contributed by atoms with Gasteiger partial charge in [0, 0.05) is 5.92 Å². The predicted molar refractivity (Wildman–Crippen MR) is 79.1 cm³/mol. The lowest BCUT2D eigenvalue weighted by Gasteiger charge is -2.24. The van der Waals surface area contributed by atoms with Crippen molar-refractivity contribution in [2.24, 2.45) is 5.92 Å². The average molecular weight is 280 g/mol. The molecule has 0 aliphatic heterocycles. The number of nitrogens with one attached hydrogen (secondary N) is 1. The van der Waals surface area contributed by atoms with Crippen molar-refractivity contribution < 1.29 is 19.5 Å². The third-order valence-corrected chi connectivity index (χ3v) is 3.81. The highest BCUT2D eigenvalue weighted by Crippen LogP contribution is 2.13. The molecular weight excluding hydrogens is 254 g/mol. The van der Waals surface area contributed by atoms with E-state index in [9.17, 15) is 9.90 Å². The summed E-state index contributed by atoms with van der Waals surface area (Å²) in [6.07, 6.45) is -0.121. The van der Waals surface area contributed by atoms with Crippen molar-refractivity contribution in [3.63, 3.8) is 0 Å². The number of aromatic hydroxyl groups is 1. The zero-order chi connectivity index (χ0) is 15.1. The lowest BCUT2D eigenvalue weighted by molar-refractivity contribution is -0.900. The van der Waals surface area contributed by atoms with Crippen LogP contribution in [0.5, 0.6) is 5.75 Å². The Bertz CT molecular complexity index is 412. The Morgan fingerprint density at radius 3 is 2.25 bits per heavy atom. The number of carbonyl (C=O) groups is 1. The molecule has 0 saturated carbocycles. The molecule has 0 saturated heterocycles. The number of hydrogen-bond acceptors (Lipinski definition) is 3. The summed E-state index contributed by atoms with van der Waals surface area (Å²) >= 11 is 0. The monoisotopic (exact) mass is 280 g/mol. The normalized spacial score (nSPS) is 14.1. The molecule has 1 aromatic carbocycles. The molecule has 0 fully saturated rings. The van der Waals surface area contributed by atoms with Crippen molar-refractivity contribution in [3.8, 4) is 5.75 Å². The van der Waals surface area contributed by atoms with Gasteiger partial charge in [0.15, 0.2) is 0 Å². The molecule has 1 aromatic rings. The zero-order valence-electron chi connectivity index (χ0n) is 12.8. The van der Waals surface area contributed by atoms with Crippen LogP contribution in [0.25, 0.3) is 0 Å². The molecule has 112 valence electrons. The number of ether oxygens (including phenoxy) is 1. The van der Waals surface area contributed by atoms with Crippen LogP contribution < -0.4 is 4.90 Å². The highest BCUT2D eigenvalue weighted by molar-refractivity contribution is 5.89. The van der Waals surface area contributed by atoms with Crippen LogP contribution in [0.4, 0.5) is 0 Å². The van der Waals surface area contributed by atoms with E-state index in [0.717, 1.165) is 19.6 Å². The average Bonchev–Trinajstić information content (AvgIpc) is 2.44. The van der Waals surface area contributed by atoms with Gasteiger partial charge in [0.2, 0.25) is 0 Å². The number of carbonyl (C=O) groups excluding carboxylic acids is 1. The first-order valence-electron chi connectivity index (χ1n) is 7.31. The molecule has 0 bridgehead atoms. The first-order chi connectivity index (χ1) is 9.47. The molecular formula is C16H26NO3+. The largest absolute Gasteiger partial charge is 0.508 e. The van der Waals surface area contributed by atoms with Gasteiger partial charge in [0.1, 0.15) is 11.9 Å². The van der Waals surface area contributed by atoms with E-state index in [-0.39, 0.29) is 17.8 Å². The number of phenols is 1. The smallest absolute Gasteiger partial charge is 0.338 e. The van der Waals surface area contributed by atoms with Crippen molar-refractivity contribution in [2.75, 3.05) is 19.6 Å². The third kappa shape index (κ3) is 4.85. The van der Waals surface area contributed by atoms with Crippen LogP contribution in [0.3, 0.4) is 0 Å². The molecule has 2 atom stereocenters. The van der Waals surface area contributed by atoms with Gasteiger partial charge in [-0.3, -0.25) is 0 Å². The second-order valence-corrected chi connectivity index (χ2v) is 5.30. The van der Waals surface area contributed by atoms with Crippen molar-refractivity contribution in [2.45, 2.75) is 33.8 Å². The summed E-state index contributed by atoms with van der Waals surface area (Å²) in [5.74, 6) is 0.123. The molecule has 0 aromatic heterocycles. The number of hydrogen-bond donors (Lipinski definition) is 2. The van der Waals surface area contributed by atoms with E-state index < -0.39 is 0 Å². The van der Waals surface area contributed by atoms with E-state index >= 15 is 0 Å². The lowest BCUT2D eigenvalue weighted by Crippen LogP contribution is -3.12. The first-order valence-corrected chi connectivity index (χ1v) is 7.31. The van der Waals surface area contributed by atoms with Crippen LogP contribution in [0, 0.1) is 5.92 Å². The highest BCUT2D eigenvalue weighted by Gasteiger charge is 2.21. The number of quaternary nitrogens is 1. The Morgan fingerprint density at radius 2 is 1.75 bits per heavy atom. The fraction of sp³-hybridized carbons (Fsp3) is 0.562. The summed E-state index contributed by atoms with van der Waals surface area (Å²) in [7, 11) is 0. The molecule has 0 spiro atoms. The Morgan fingerprint density at radius 1 is 1.20 bits per heavy atom. The first kappa shape index (κ1) is 16.5. The molecule has 20 heavy (non-hydrogen) atoms. The number of rotatable bonds is 7. The van der Waals surface area contributed by atoms with Gasteiger partial charge in [-0.15, -0.1) is 0 Å². The summed E-state index contributed by atoms with van der Waals surface area (Å²) in [5.41, 5.74) is 0.469. The molecule has 0 heterocycles. The third-order valence-electron chi connectivity index (χ3n) is 3.81. The minimum atomic E-state index is -0.334. The Hall–Kier alpha value is -1.55. The standard InChI is InChI=1S/C16H25NO3/c1-5-17(6-2)11-12(3)13(4)20-16(19)14-7-9-15(18)10-8-14/h7-10,12-13,18H,5-6,11H2,1-4H3/p+1/t12-,13+/m0/s1. The van der Waals surface area contributed by atoms with Crippen molar-refractivity contribution in [3.05, 3.63) is 29.8 Å². The van der Waals surface area contributed by atoms with Gasteiger partial charge in [-0.05, 0) is 45.0 Å². The van der Waals surface area contributed by atoms with Crippen molar-refractivity contribution >= 4 is 5.97 Å². The molecule has 0 aliphatic carbocycles. The van der Waals surface area contributed by atoms with Gasteiger partial charge < -0.3 is 14.7 Å². The fourth-order valence-electron chi connectivity index (χ4n) is 2.11. The second-order valence-electron chi connectivity index (χ2n) is 5.30. The molecule has 0 radical (unpaired) electrons. The maximum atomic E-state index is 12.0. The van der Waals surface area contributed by atoms with Gasteiger partial charge in [-0.2, -0.15) is 0 Å². The molecule has 2 N–H and O–H groups in total. The van der Waals surface area contributed by atoms with Crippen LogP contribution in [-0.4, -0.2) is 36.8 Å². The summed E-state index contributed by atoms with van der Waals surface area (Å²) in [6.45, 7) is 11.5. The van der Waals surface area contributed by atoms with Crippen LogP contribution in [-0.2, 0) is 4.74 Å². The van der Waals surface area contributed by atoms with Crippen molar-refractivity contribution in [1.82, 2.24) is 0 Å². The minimum absolute atomic E-state index is 0.121. The summed E-state index contributed by atoms with van der Waals surface area (Å²) < 4.78 is 5.49. The van der Waals surface area contributed by atoms with Gasteiger partial charge in [0.05, 0.1) is 25.2 Å². The highest BCUT2D eigenvalue weighted by atomic mass is 16.5. The minimum Gasteiger partial charge on any atom is -0.508 e. The molecule has 1 rings (SSSR count). The number of esters is 1. The van der Waals surface area contributed by atoms with Crippen molar-refractivity contribution in [1.29, 1.82) is 0 Å². The van der Waals surface area contributed by atoms with E-state index in [1.54, 1.807) is 12.1 Å². The van der Waals surface area contributed by atoms with E-state index in [1.165, 1.54) is 17.0 Å². The van der Waals surface area contributed by atoms with Crippen LogP contribution in [0.1, 0.15) is 38.1 Å². The SMILES string of the molecule is CC[NH+](CC)C[C@H](C)[C@@H](C)OC(=O)c1ccc(O)cc1. The van der Waals surface area contributed by atoms with Crippen LogP contribution in [0.15, 0.2) is 24.3 Å². The predicted octanol–water partition coefficient (Wildman–Crippen LogP) is 1.50. The van der Waals surface area contributed by atoms with E-state index in [4.69, 9.17) is 4.74 Å². The molecule has 0 amide bonds. The summed E-state index contributed by atoms with van der Waals surface area (Å²) in [6, 6.07) is 6.13. The quantitative estimate of drug-likeness (QED) is 0.744. The lowest BCUT2D eigenvalue weighted by atomic mass is 10.1. The summed E-state index contributed by atoms with van der Waals surface area (Å²) in [5, 5.41) is 9.21. The Kier molecular flexibility index (Phi) is 6.52. The summed E-state index contributed by atoms with van der Waals surface area (Å²) in [4.78, 5) is 13.5. The van der Waals surface area contributed by atoms with Gasteiger partial charge >= 0.3 is 5.97 Å². The van der Waals surface area contributed by atoms with Crippen LogP contribution in [0.2, 0.25) is 0 Å². The molecule has 0 unspecified atom stereocenters. The van der Waals surface area contributed by atoms with Gasteiger partial charge in [0.25, 0.3) is 0 Å². The van der Waals surface area contributed by atoms with E-state index in [2.05, 4.69) is 20.8 Å². The maximum absolute atomic E-state index is 12.0.